The fraction of sp³-hybridized carbons (Fsp3) is 0.278. The first kappa shape index (κ1) is 14.4. The third-order valence-corrected chi connectivity index (χ3v) is 3.60. The maximum atomic E-state index is 12.2. The number of aryl methyl sites for hydroxylation is 1. The van der Waals surface area contributed by atoms with Crippen molar-refractivity contribution in [3.05, 3.63) is 59.2 Å². The Bertz CT molecular complexity index is 679. The highest BCUT2D eigenvalue weighted by Gasteiger charge is 2.15. The Morgan fingerprint density at radius 2 is 1.86 bits per heavy atom. The number of ether oxygens (including phenoxy) is 3. The fourth-order valence-electron chi connectivity index (χ4n) is 2.29. The first-order chi connectivity index (χ1) is 10.7. The second kappa shape index (κ2) is 6.52. The molecule has 2 aromatic carbocycles. The normalized spacial score (nSPS) is 13.3. The minimum absolute atomic E-state index is 0.264. The van der Waals surface area contributed by atoms with Gasteiger partial charge < -0.3 is 14.2 Å². The van der Waals surface area contributed by atoms with Crippen LogP contribution in [0.3, 0.4) is 0 Å². The van der Waals surface area contributed by atoms with Crippen LogP contribution in [0.1, 0.15) is 27.9 Å². The summed E-state index contributed by atoms with van der Waals surface area (Å²) >= 11 is 0. The summed E-state index contributed by atoms with van der Waals surface area (Å²) in [6.07, 6.45) is 0.835. The molecule has 0 N–H and O–H groups in total. The lowest BCUT2D eigenvalue weighted by molar-refractivity contribution is 0.0471. The van der Waals surface area contributed by atoms with Crippen LogP contribution in [0.25, 0.3) is 0 Å². The molecule has 0 amide bonds. The van der Waals surface area contributed by atoms with Gasteiger partial charge in [-0.25, -0.2) is 4.79 Å². The molecule has 0 radical (unpaired) electrons. The highest BCUT2D eigenvalue weighted by molar-refractivity contribution is 5.90. The summed E-state index contributed by atoms with van der Waals surface area (Å²) < 4.78 is 16.5. The third kappa shape index (κ3) is 3.22. The van der Waals surface area contributed by atoms with E-state index >= 15 is 0 Å². The maximum Gasteiger partial charge on any atom is 0.338 e. The molecule has 1 heterocycles. The summed E-state index contributed by atoms with van der Waals surface area (Å²) in [5, 5.41) is 0. The minimum atomic E-state index is -0.362. The topological polar surface area (TPSA) is 44.8 Å². The van der Waals surface area contributed by atoms with Crippen LogP contribution in [-0.2, 0) is 11.3 Å². The van der Waals surface area contributed by atoms with Crippen LogP contribution in [-0.4, -0.2) is 19.2 Å². The largest absolute Gasteiger partial charge is 0.490 e. The Morgan fingerprint density at radius 1 is 1.09 bits per heavy atom. The van der Waals surface area contributed by atoms with Crippen LogP contribution < -0.4 is 9.47 Å². The summed E-state index contributed by atoms with van der Waals surface area (Å²) in [6, 6.07) is 13.0. The lowest BCUT2D eigenvalue weighted by Crippen LogP contribution is -2.06. The van der Waals surface area contributed by atoms with Gasteiger partial charge in [-0.05, 0) is 36.2 Å². The average molecular weight is 298 g/mol. The van der Waals surface area contributed by atoms with Crippen molar-refractivity contribution >= 4 is 5.97 Å². The predicted octanol–water partition coefficient (Wildman–Crippen LogP) is 3.51. The number of carbonyl (C=O) groups is 1. The van der Waals surface area contributed by atoms with Crippen LogP contribution in [0, 0.1) is 6.92 Å². The van der Waals surface area contributed by atoms with E-state index in [2.05, 4.69) is 0 Å². The van der Waals surface area contributed by atoms with Crippen LogP contribution >= 0.6 is 0 Å². The van der Waals surface area contributed by atoms with E-state index in [4.69, 9.17) is 14.2 Å². The number of carbonyl (C=O) groups excluding carboxylic acids is 1. The van der Waals surface area contributed by atoms with Crippen molar-refractivity contribution < 1.29 is 19.0 Å². The Labute approximate surface area is 129 Å². The third-order valence-electron chi connectivity index (χ3n) is 3.60. The number of hydrogen-bond donors (Lipinski definition) is 0. The van der Waals surface area contributed by atoms with Crippen molar-refractivity contribution in [3.63, 3.8) is 0 Å². The molecule has 0 atom stereocenters. The Kier molecular flexibility index (Phi) is 4.28. The van der Waals surface area contributed by atoms with Gasteiger partial charge in [0.2, 0.25) is 0 Å². The highest BCUT2D eigenvalue weighted by atomic mass is 16.5. The number of fused-ring (bicyclic) bond motifs is 1. The molecule has 0 aromatic heterocycles. The molecule has 0 aliphatic carbocycles. The van der Waals surface area contributed by atoms with E-state index in [1.807, 2.05) is 31.2 Å². The van der Waals surface area contributed by atoms with Crippen molar-refractivity contribution in [1.82, 2.24) is 0 Å². The smallest absolute Gasteiger partial charge is 0.338 e. The van der Waals surface area contributed by atoms with E-state index < -0.39 is 0 Å². The zero-order chi connectivity index (χ0) is 15.4. The second-order valence-electron chi connectivity index (χ2n) is 5.21. The van der Waals surface area contributed by atoms with Crippen LogP contribution in [0.5, 0.6) is 11.5 Å². The predicted molar refractivity (Wildman–Crippen MR) is 82.3 cm³/mol. The molecule has 0 unspecified atom stereocenters. The van der Waals surface area contributed by atoms with Crippen molar-refractivity contribution in [2.75, 3.05) is 13.2 Å². The van der Waals surface area contributed by atoms with Gasteiger partial charge in [0, 0.05) is 6.42 Å². The summed E-state index contributed by atoms with van der Waals surface area (Å²) in [5.41, 5.74) is 2.58. The van der Waals surface area contributed by atoms with Crippen LogP contribution in [0.15, 0.2) is 42.5 Å². The molecule has 4 nitrogen and oxygen atoms in total. The molecule has 3 rings (SSSR count). The first-order valence-corrected chi connectivity index (χ1v) is 7.35. The van der Waals surface area contributed by atoms with Crippen molar-refractivity contribution in [1.29, 1.82) is 0 Å². The Balaban J connectivity index is 1.70. The number of hydrogen-bond acceptors (Lipinski definition) is 4. The number of benzene rings is 2. The zero-order valence-electron chi connectivity index (χ0n) is 12.5. The van der Waals surface area contributed by atoms with Gasteiger partial charge in [-0.1, -0.05) is 24.3 Å². The van der Waals surface area contributed by atoms with E-state index in [0.717, 1.165) is 17.5 Å². The molecule has 0 spiro atoms. The molecule has 0 saturated heterocycles. The lowest BCUT2D eigenvalue weighted by Gasteiger charge is -2.10. The minimum Gasteiger partial charge on any atom is -0.490 e. The standard InChI is InChI=1S/C18H18O4/c1-13-5-2-3-6-15(13)12-22-18(19)14-7-8-16-17(11-14)21-10-4-9-20-16/h2-3,5-8,11H,4,9-10,12H2,1H3. The van der Waals surface area contributed by atoms with Gasteiger partial charge in [-0.3, -0.25) is 0 Å². The van der Waals surface area contributed by atoms with E-state index in [0.29, 0.717) is 30.3 Å². The molecule has 2 aromatic rings. The van der Waals surface area contributed by atoms with E-state index in [1.165, 1.54) is 0 Å². The summed E-state index contributed by atoms with van der Waals surface area (Å²) in [6.45, 7) is 3.48. The summed E-state index contributed by atoms with van der Waals surface area (Å²) in [7, 11) is 0. The molecular formula is C18H18O4. The Hall–Kier alpha value is -2.49. The lowest BCUT2D eigenvalue weighted by atomic mass is 10.1. The second-order valence-corrected chi connectivity index (χ2v) is 5.21. The van der Waals surface area contributed by atoms with E-state index in [9.17, 15) is 4.79 Å². The van der Waals surface area contributed by atoms with Gasteiger partial charge in [0.1, 0.15) is 6.61 Å². The molecule has 4 heteroatoms. The molecule has 1 aliphatic rings. The molecule has 0 fully saturated rings. The monoisotopic (exact) mass is 298 g/mol. The van der Waals surface area contributed by atoms with Crippen molar-refractivity contribution in [2.45, 2.75) is 20.0 Å². The zero-order valence-corrected chi connectivity index (χ0v) is 12.5. The van der Waals surface area contributed by atoms with Crippen molar-refractivity contribution in [3.8, 4) is 11.5 Å². The SMILES string of the molecule is Cc1ccccc1COC(=O)c1ccc2c(c1)OCCCO2. The van der Waals surface area contributed by atoms with E-state index in [1.54, 1.807) is 18.2 Å². The summed E-state index contributed by atoms with van der Waals surface area (Å²) in [5.74, 6) is 0.912. The van der Waals surface area contributed by atoms with Crippen LogP contribution in [0.4, 0.5) is 0 Å². The molecule has 0 saturated carbocycles. The van der Waals surface area contributed by atoms with Gasteiger partial charge in [0.25, 0.3) is 0 Å². The average Bonchev–Trinajstić information content (AvgIpc) is 2.78. The van der Waals surface area contributed by atoms with Gasteiger partial charge in [-0.2, -0.15) is 0 Å². The van der Waals surface area contributed by atoms with Gasteiger partial charge in [-0.15, -0.1) is 0 Å². The quantitative estimate of drug-likeness (QED) is 0.813. The van der Waals surface area contributed by atoms with E-state index in [-0.39, 0.29) is 12.6 Å². The van der Waals surface area contributed by atoms with Gasteiger partial charge >= 0.3 is 5.97 Å². The molecule has 22 heavy (non-hydrogen) atoms. The molecular weight excluding hydrogens is 280 g/mol. The van der Waals surface area contributed by atoms with Gasteiger partial charge in [0.05, 0.1) is 18.8 Å². The van der Waals surface area contributed by atoms with Crippen LogP contribution in [0.2, 0.25) is 0 Å². The molecule has 114 valence electrons. The maximum absolute atomic E-state index is 12.2. The fourth-order valence-corrected chi connectivity index (χ4v) is 2.29. The molecule has 1 aliphatic heterocycles. The number of esters is 1. The first-order valence-electron chi connectivity index (χ1n) is 7.35. The van der Waals surface area contributed by atoms with Crippen molar-refractivity contribution in [2.24, 2.45) is 0 Å². The Morgan fingerprint density at radius 3 is 2.68 bits per heavy atom. The summed E-state index contributed by atoms with van der Waals surface area (Å²) in [4.78, 5) is 12.2. The number of rotatable bonds is 3. The highest BCUT2D eigenvalue weighted by Crippen LogP contribution is 2.30. The van der Waals surface area contributed by atoms with Gasteiger partial charge in [0.15, 0.2) is 11.5 Å². The molecule has 0 bridgehead atoms.